The number of aliphatic carboxylic acids is 1. The third-order valence-electron chi connectivity index (χ3n) is 1.92. The molecule has 0 saturated carbocycles. The van der Waals surface area contributed by atoms with Crippen molar-refractivity contribution in [2.24, 2.45) is 0 Å². The van der Waals surface area contributed by atoms with Gasteiger partial charge in [-0.15, -0.1) is 0 Å². The lowest BCUT2D eigenvalue weighted by Gasteiger charge is -2.04. The molecule has 0 unspecified atom stereocenters. The molecule has 0 heterocycles. The van der Waals surface area contributed by atoms with Crippen molar-refractivity contribution in [1.82, 2.24) is 0 Å². The maximum absolute atomic E-state index is 10.4. The van der Waals surface area contributed by atoms with Gasteiger partial charge in [0.2, 0.25) is 0 Å². The number of hydrogen-bond acceptors (Lipinski definition) is 3. The van der Waals surface area contributed by atoms with Gasteiger partial charge in [-0.05, 0) is 30.2 Å². The Morgan fingerprint density at radius 1 is 1.57 bits per heavy atom. The number of nitrogens with zero attached hydrogens (tertiary/aromatic N) is 1. The highest BCUT2D eigenvalue weighted by molar-refractivity contribution is 5.71. The molecule has 0 radical (unpaired) electrons. The Hall–Kier alpha value is -2.02. The van der Waals surface area contributed by atoms with Gasteiger partial charge in [-0.25, -0.2) is 0 Å². The second-order valence-electron chi connectivity index (χ2n) is 2.98. The maximum atomic E-state index is 10.4. The number of aromatic hydroxyl groups is 1. The summed E-state index contributed by atoms with van der Waals surface area (Å²) in [7, 11) is 0. The predicted molar refractivity (Wildman–Crippen MR) is 48.9 cm³/mol. The Morgan fingerprint density at radius 2 is 2.21 bits per heavy atom. The third-order valence-corrected chi connectivity index (χ3v) is 1.92. The van der Waals surface area contributed by atoms with Crippen LogP contribution in [-0.2, 0) is 11.2 Å². The van der Waals surface area contributed by atoms with E-state index >= 15 is 0 Å². The van der Waals surface area contributed by atoms with Gasteiger partial charge in [0.05, 0.1) is 12.0 Å². The van der Waals surface area contributed by atoms with Crippen molar-refractivity contribution in [2.75, 3.05) is 0 Å². The van der Waals surface area contributed by atoms with Gasteiger partial charge in [0.1, 0.15) is 11.8 Å². The van der Waals surface area contributed by atoms with Crippen molar-refractivity contribution >= 4 is 5.97 Å². The molecule has 4 nitrogen and oxygen atoms in total. The second kappa shape index (κ2) is 3.79. The first kappa shape index (κ1) is 10.1. The molecular formula is C10H9NO3. The van der Waals surface area contributed by atoms with Crippen molar-refractivity contribution in [3.05, 3.63) is 28.8 Å². The molecular weight excluding hydrogens is 182 g/mol. The predicted octanol–water partition coefficient (Wildman–Crippen LogP) is 1.20. The number of carboxylic acid groups (broad SMARTS) is 1. The van der Waals surface area contributed by atoms with Gasteiger partial charge in [0, 0.05) is 0 Å². The molecule has 2 N–H and O–H groups in total. The molecule has 0 bridgehead atoms. The lowest BCUT2D eigenvalue weighted by Crippen LogP contribution is -2.02. The summed E-state index contributed by atoms with van der Waals surface area (Å²) in [6, 6.07) is 4.62. The summed E-state index contributed by atoms with van der Waals surface area (Å²) in [5.74, 6) is -1.13. The quantitative estimate of drug-likeness (QED) is 0.735. The summed E-state index contributed by atoms with van der Waals surface area (Å²) in [6.45, 7) is 1.71. The fraction of sp³-hybridized carbons (Fsp3) is 0.200. The highest BCUT2D eigenvalue weighted by atomic mass is 16.4. The van der Waals surface area contributed by atoms with E-state index in [0.717, 1.165) is 0 Å². The Kier molecular flexibility index (Phi) is 2.73. The SMILES string of the molecule is Cc1cc(C#N)c(O)cc1CC(=O)O. The van der Waals surface area contributed by atoms with Crippen LogP contribution in [0.15, 0.2) is 12.1 Å². The van der Waals surface area contributed by atoms with E-state index in [1.807, 2.05) is 6.07 Å². The van der Waals surface area contributed by atoms with Crippen LogP contribution in [0.25, 0.3) is 0 Å². The summed E-state index contributed by atoms with van der Waals surface area (Å²) >= 11 is 0. The molecule has 0 aliphatic heterocycles. The third kappa shape index (κ3) is 2.02. The van der Waals surface area contributed by atoms with Crippen LogP contribution < -0.4 is 0 Å². The van der Waals surface area contributed by atoms with Crippen molar-refractivity contribution in [1.29, 1.82) is 5.26 Å². The topological polar surface area (TPSA) is 81.3 Å². The van der Waals surface area contributed by atoms with Gasteiger partial charge in [-0.2, -0.15) is 5.26 Å². The zero-order chi connectivity index (χ0) is 10.7. The fourth-order valence-corrected chi connectivity index (χ4v) is 1.18. The summed E-state index contributed by atoms with van der Waals surface area (Å²) in [4.78, 5) is 10.4. The van der Waals surface area contributed by atoms with Crippen LogP contribution in [-0.4, -0.2) is 16.2 Å². The van der Waals surface area contributed by atoms with Gasteiger partial charge in [0.15, 0.2) is 0 Å². The van der Waals surface area contributed by atoms with Gasteiger partial charge in [0.25, 0.3) is 0 Å². The second-order valence-corrected chi connectivity index (χ2v) is 2.98. The van der Waals surface area contributed by atoms with E-state index in [9.17, 15) is 9.90 Å². The fourth-order valence-electron chi connectivity index (χ4n) is 1.18. The Bertz CT molecular complexity index is 418. The minimum atomic E-state index is -0.961. The van der Waals surface area contributed by atoms with Crippen molar-refractivity contribution in [3.63, 3.8) is 0 Å². The van der Waals surface area contributed by atoms with E-state index in [0.29, 0.717) is 11.1 Å². The first-order valence-corrected chi connectivity index (χ1v) is 3.99. The van der Waals surface area contributed by atoms with Gasteiger partial charge >= 0.3 is 5.97 Å². The molecule has 0 spiro atoms. The molecule has 0 atom stereocenters. The summed E-state index contributed by atoms with van der Waals surface area (Å²) in [5.41, 5.74) is 1.38. The van der Waals surface area contributed by atoms with E-state index in [1.165, 1.54) is 12.1 Å². The largest absolute Gasteiger partial charge is 0.507 e. The molecule has 0 saturated heterocycles. The highest BCUT2D eigenvalue weighted by Crippen LogP contribution is 2.21. The van der Waals surface area contributed by atoms with E-state index in [4.69, 9.17) is 10.4 Å². The van der Waals surface area contributed by atoms with Crippen LogP contribution in [0.2, 0.25) is 0 Å². The summed E-state index contributed by atoms with van der Waals surface area (Å²) in [6.07, 6.45) is -0.148. The van der Waals surface area contributed by atoms with Crippen molar-refractivity contribution in [3.8, 4) is 11.8 Å². The monoisotopic (exact) mass is 191 g/mol. The lowest BCUT2D eigenvalue weighted by molar-refractivity contribution is -0.136. The molecule has 1 aromatic rings. The first-order valence-electron chi connectivity index (χ1n) is 3.99. The number of nitriles is 1. The zero-order valence-electron chi connectivity index (χ0n) is 7.61. The van der Waals surface area contributed by atoms with E-state index in [1.54, 1.807) is 6.92 Å². The smallest absolute Gasteiger partial charge is 0.307 e. The Labute approximate surface area is 81.0 Å². The van der Waals surface area contributed by atoms with Crippen molar-refractivity contribution < 1.29 is 15.0 Å². The molecule has 0 aromatic heterocycles. The highest BCUT2D eigenvalue weighted by Gasteiger charge is 2.08. The normalized spacial score (nSPS) is 9.43. The Morgan fingerprint density at radius 3 is 2.71 bits per heavy atom. The maximum Gasteiger partial charge on any atom is 0.307 e. The van der Waals surface area contributed by atoms with Crippen LogP contribution in [0.4, 0.5) is 0 Å². The molecule has 0 amide bonds. The summed E-state index contributed by atoms with van der Waals surface area (Å²) in [5, 5.41) is 26.5. The molecule has 1 rings (SSSR count). The van der Waals surface area contributed by atoms with Crippen LogP contribution in [0.1, 0.15) is 16.7 Å². The molecule has 1 aromatic carbocycles. The van der Waals surface area contributed by atoms with Crippen LogP contribution in [0.3, 0.4) is 0 Å². The van der Waals surface area contributed by atoms with Crippen LogP contribution in [0.5, 0.6) is 5.75 Å². The number of phenols is 1. The number of phenolic OH excluding ortho intramolecular Hbond substituents is 1. The molecule has 14 heavy (non-hydrogen) atoms. The minimum absolute atomic E-state index is 0.148. The lowest BCUT2D eigenvalue weighted by atomic mass is 10.0. The van der Waals surface area contributed by atoms with Gasteiger partial charge in [-0.1, -0.05) is 0 Å². The number of rotatable bonds is 2. The van der Waals surface area contributed by atoms with Gasteiger partial charge in [-0.3, -0.25) is 4.79 Å². The Balaban J connectivity index is 3.16. The number of aryl methyl sites for hydroxylation is 1. The average molecular weight is 191 g/mol. The molecule has 0 aliphatic rings. The van der Waals surface area contributed by atoms with E-state index in [2.05, 4.69) is 0 Å². The number of hydrogen-bond donors (Lipinski definition) is 2. The van der Waals surface area contributed by atoms with Crippen LogP contribution >= 0.6 is 0 Å². The molecule has 72 valence electrons. The first-order chi connectivity index (χ1) is 6.54. The molecule has 0 aliphatic carbocycles. The van der Waals surface area contributed by atoms with Crippen molar-refractivity contribution in [2.45, 2.75) is 13.3 Å². The molecule has 4 heteroatoms. The van der Waals surface area contributed by atoms with E-state index < -0.39 is 5.97 Å². The average Bonchev–Trinajstić information content (AvgIpc) is 2.10. The standard InChI is InChI=1S/C10H9NO3/c1-6-2-8(5-11)9(12)3-7(6)4-10(13)14/h2-3,12H,4H2,1H3,(H,13,14). The number of carboxylic acids is 1. The minimum Gasteiger partial charge on any atom is -0.507 e. The summed E-state index contributed by atoms with van der Waals surface area (Å²) < 4.78 is 0. The van der Waals surface area contributed by atoms with E-state index in [-0.39, 0.29) is 17.7 Å². The zero-order valence-corrected chi connectivity index (χ0v) is 7.61. The molecule has 0 fully saturated rings. The number of benzene rings is 1. The van der Waals surface area contributed by atoms with Crippen LogP contribution in [0, 0.1) is 18.3 Å². The van der Waals surface area contributed by atoms with Gasteiger partial charge < -0.3 is 10.2 Å². The number of carbonyl (C=O) groups is 1.